The molecule has 1 saturated heterocycles. The van der Waals surface area contributed by atoms with Gasteiger partial charge in [0.1, 0.15) is 17.5 Å². The molecule has 0 saturated carbocycles. The van der Waals surface area contributed by atoms with Crippen LogP contribution < -0.4 is 0 Å². The smallest absolute Gasteiger partial charge is 0.309 e. The fourth-order valence-corrected chi connectivity index (χ4v) is 5.29. The molecule has 0 aromatic carbocycles. The lowest BCUT2D eigenvalue weighted by molar-refractivity contribution is -0.154. The fraction of sp³-hybridized carbons (Fsp3) is 0.667. The van der Waals surface area contributed by atoms with Gasteiger partial charge in [-0.1, -0.05) is 32.4 Å². The minimum absolute atomic E-state index is 0.134. The predicted octanol–water partition coefficient (Wildman–Crippen LogP) is 4.40. The number of hydrogen-bond donors (Lipinski definition) is 2. The number of esters is 1. The molecule has 0 spiro atoms. The number of aliphatic hydroxyl groups excluding tert-OH is 2. The zero-order valence-corrected chi connectivity index (χ0v) is 22.4. The van der Waals surface area contributed by atoms with Crippen molar-refractivity contribution in [3.8, 4) is 0 Å². The summed E-state index contributed by atoms with van der Waals surface area (Å²) in [6.45, 7) is 10.9. The second-order valence-electron chi connectivity index (χ2n) is 10.6. The Kier molecular flexibility index (Phi) is 8.73. The average Bonchev–Trinajstić information content (AvgIpc) is 3.29. The van der Waals surface area contributed by atoms with Crippen molar-refractivity contribution in [2.24, 2.45) is 11.3 Å². The van der Waals surface area contributed by atoms with E-state index in [0.717, 1.165) is 29.1 Å². The Bertz CT molecular complexity index is 982. The van der Waals surface area contributed by atoms with E-state index in [9.17, 15) is 19.8 Å². The number of aliphatic hydroxyl groups is 2. The Labute approximate surface area is 212 Å². The molecule has 0 radical (unpaired) electrons. The number of rotatable bonds is 3. The summed E-state index contributed by atoms with van der Waals surface area (Å²) in [6, 6.07) is 0. The molecule has 0 bridgehead atoms. The van der Waals surface area contributed by atoms with Crippen LogP contribution in [-0.2, 0) is 19.1 Å². The van der Waals surface area contributed by atoms with Crippen LogP contribution in [0.3, 0.4) is 0 Å². The number of carbonyl (C=O) groups is 2. The lowest BCUT2D eigenvalue weighted by Crippen LogP contribution is -2.48. The van der Waals surface area contributed by atoms with Crippen LogP contribution in [0.5, 0.6) is 0 Å². The number of aryl methyl sites for hydroxylation is 1. The third-order valence-corrected chi connectivity index (χ3v) is 8.24. The number of carbonyl (C=O) groups excluding carboxylic acids is 2. The minimum atomic E-state index is -1.25. The molecule has 35 heavy (non-hydrogen) atoms. The molecule has 1 aromatic rings. The van der Waals surface area contributed by atoms with Gasteiger partial charge in [0.2, 0.25) is 0 Å². The van der Waals surface area contributed by atoms with Gasteiger partial charge in [-0.15, -0.1) is 11.3 Å². The van der Waals surface area contributed by atoms with Crippen molar-refractivity contribution in [2.75, 3.05) is 0 Å². The summed E-state index contributed by atoms with van der Waals surface area (Å²) in [7, 11) is 0. The van der Waals surface area contributed by atoms with Gasteiger partial charge in [-0.2, -0.15) is 0 Å². The largest absolute Gasteiger partial charge is 0.458 e. The summed E-state index contributed by atoms with van der Waals surface area (Å²) in [6.07, 6.45) is 4.90. The molecular weight excluding hydrogens is 466 g/mol. The second kappa shape index (κ2) is 11.0. The monoisotopic (exact) mass is 505 g/mol. The van der Waals surface area contributed by atoms with Crippen LogP contribution in [0.25, 0.3) is 6.08 Å². The molecule has 0 aliphatic carbocycles. The summed E-state index contributed by atoms with van der Waals surface area (Å²) < 4.78 is 11.6. The molecule has 2 aliphatic heterocycles. The summed E-state index contributed by atoms with van der Waals surface area (Å²) >= 11 is 1.55. The normalized spacial score (nSPS) is 36.3. The Morgan fingerprint density at radius 2 is 1.94 bits per heavy atom. The van der Waals surface area contributed by atoms with Gasteiger partial charge in [0.25, 0.3) is 0 Å². The van der Waals surface area contributed by atoms with E-state index in [0.29, 0.717) is 12.8 Å². The molecule has 2 N–H and O–H groups in total. The number of Topliss-reactive ketones (excluding diaryl/α,β-unsaturated/α-hetero) is 1. The van der Waals surface area contributed by atoms with E-state index in [4.69, 9.17) is 9.47 Å². The molecule has 194 valence electrons. The first-order valence-corrected chi connectivity index (χ1v) is 13.3. The van der Waals surface area contributed by atoms with Crippen LogP contribution >= 0.6 is 11.3 Å². The molecule has 1 aromatic heterocycles. The highest BCUT2D eigenvalue weighted by Gasteiger charge is 2.60. The zero-order chi connectivity index (χ0) is 26.0. The first-order chi connectivity index (χ1) is 16.4. The molecule has 7 nitrogen and oxygen atoms in total. The topological polar surface area (TPSA) is 109 Å². The molecular formula is C27H39NO6S. The van der Waals surface area contributed by atoms with Crippen molar-refractivity contribution in [2.45, 2.75) is 104 Å². The molecule has 1 fully saturated rings. The average molecular weight is 506 g/mol. The van der Waals surface area contributed by atoms with Crippen LogP contribution in [0.1, 0.15) is 77.4 Å². The molecule has 0 amide bonds. The van der Waals surface area contributed by atoms with Crippen molar-refractivity contribution in [1.29, 1.82) is 0 Å². The van der Waals surface area contributed by atoms with Gasteiger partial charge in [-0.3, -0.25) is 9.59 Å². The quantitative estimate of drug-likeness (QED) is 0.356. The predicted molar refractivity (Wildman–Crippen MR) is 136 cm³/mol. The van der Waals surface area contributed by atoms with Crippen LogP contribution in [0.4, 0.5) is 0 Å². The number of aromatic nitrogens is 1. The Balaban J connectivity index is 1.86. The minimum Gasteiger partial charge on any atom is -0.458 e. The number of epoxide rings is 1. The van der Waals surface area contributed by atoms with Crippen molar-refractivity contribution in [3.63, 3.8) is 0 Å². The molecule has 2 unspecified atom stereocenters. The van der Waals surface area contributed by atoms with Gasteiger partial charge in [0, 0.05) is 17.7 Å². The van der Waals surface area contributed by atoms with Crippen molar-refractivity contribution in [3.05, 3.63) is 33.8 Å². The Hall–Kier alpha value is -1.87. The number of ketones is 1. The third-order valence-electron chi connectivity index (χ3n) is 7.45. The summed E-state index contributed by atoms with van der Waals surface area (Å²) in [5.74, 6) is -1.55. The van der Waals surface area contributed by atoms with Gasteiger partial charge in [0.05, 0.1) is 40.8 Å². The summed E-state index contributed by atoms with van der Waals surface area (Å²) in [5.41, 5.74) is -0.0894. The van der Waals surface area contributed by atoms with Crippen LogP contribution in [-0.4, -0.2) is 57.0 Å². The van der Waals surface area contributed by atoms with Gasteiger partial charge in [-0.25, -0.2) is 4.98 Å². The highest BCUT2D eigenvalue weighted by atomic mass is 32.1. The highest BCUT2D eigenvalue weighted by molar-refractivity contribution is 7.09. The molecule has 6 atom stereocenters. The number of nitrogens with zero attached hydrogens (tertiary/aromatic N) is 1. The van der Waals surface area contributed by atoms with Crippen LogP contribution in [0.2, 0.25) is 0 Å². The molecule has 8 heteroatoms. The number of fused-ring (bicyclic) bond motifs is 1. The van der Waals surface area contributed by atoms with E-state index in [2.05, 4.69) is 11.1 Å². The van der Waals surface area contributed by atoms with E-state index in [1.807, 2.05) is 45.2 Å². The summed E-state index contributed by atoms with van der Waals surface area (Å²) in [4.78, 5) is 30.6. The van der Waals surface area contributed by atoms with E-state index in [1.54, 1.807) is 25.2 Å². The lowest BCUT2D eigenvalue weighted by atomic mass is 9.71. The van der Waals surface area contributed by atoms with Gasteiger partial charge < -0.3 is 19.7 Å². The second-order valence-corrected chi connectivity index (χ2v) is 11.6. The van der Waals surface area contributed by atoms with Gasteiger partial charge in [-0.05, 0) is 52.2 Å². The zero-order valence-electron chi connectivity index (χ0n) is 21.6. The summed E-state index contributed by atoms with van der Waals surface area (Å²) in [5, 5.41) is 24.9. The van der Waals surface area contributed by atoms with Crippen molar-refractivity contribution in [1.82, 2.24) is 4.98 Å². The van der Waals surface area contributed by atoms with Crippen LogP contribution in [0, 0.1) is 18.3 Å². The van der Waals surface area contributed by atoms with Crippen molar-refractivity contribution >= 4 is 29.2 Å². The number of allylic oxidation sites excluding steroid dienone is 1. The van der Waals surface area contributed by atoms with Crippen molar-refractivity contribution < 1.29 is 29.3 Å². The Morgan fingerprint density at radius 1 is 1.23 bits per heavy atom. The van der Waals surface area contributed by atoms with Gasteiger partial charge >= 0.3 is 5.97 Å². The van der Waals surface area contributed by atoms with E-state index >= 15 is 0 Å². The maximum Gasteiger partial charge on any atom is 0.309 e. The fourth-order valence-electron chi connectivity index (χ4n) is 4.71. The first-order valence-electron chi connectivity index (χ1n) is 12.4. The van der Waals surface area contributed by atoms with E-state index in [-0.39, 0.29) is 18.3 Å². The standard InChI is InChI=1S/C27H39NO6S/c1-7-20-24(31)26(4,5)21(29)14-23(30)33-19(12-10-18-15-35-17(3)28-18)11-8-16(2)9-13-22-27(6,34-22)25(20)32/h8,10,12,15,19-22,25,29,32H,7,9,11,13-14H2,1-6H3/b12-10?,16-8-/t19-,20-,21-,22?,25+,27?/m0/s1. The highest BCUT2D eigenvalue weighted by Crippen LogP contribution is 2.46. The maximum absolute atomic E-state index is 13.4. The first kappa shape index (κ1) is 27.7. The number of thiazole rings is 1. The van der Waals surface area contributed by atoms with E-state index in [1.165, 1.54) is 0 Å². The maximum atomic E-state index is 13.4. The Morgan fingerprint density at radius 3 is 2.57 bits per heavy atom. The molecule has 3 rings (SSSR count). The number of cyclic esters (lactones) is 1. The lowest BCUT2D eigenvalue weighted by Gasteiger charge is -2.35. The SMILES string of the molecule is CC[C@H]1C(=O)C(C)(C)[C@@H](O)CC(=O)O[C@H](C=Cc2csc(C)n2)C/C=C(/C)CCC2OC2(C)[C@@H]1O. The molecule has 2 aliphatic rings. The molecule has 3 heterocycles. The number of hydrogen-bond acceptors (Lipinski definition) is 8. The van der Waals surface area contributed by atoms with Gasteiger partial charge in [0.15, 0.2) is 0 Å². The van der Waals surface area contributed by atoms with E-state index < -0.39 is 41.2 Å². The number of ether oxygens (including phenoxy) is 2. The van der Waals surface area contributed by atoms with Crippen LogP contribution in [0.15, 0.2) is 23.1 Å². The third kappa shape index (κ3) is 6.47.